The molecule has 0 aliphatic heterocycles. The smallest absolute Gasteiger partial charge is 0.259 e. The monoisotopic (exact) mass is 388 g/mol. The van der Waals surface area contributed by atoms with Crippen molar-refractivity contribution in [3.8, 4) is 11.1 Å². The van der Waals surface area contributed by atoms with E-state index in [1.54, 1.807) is 22.8 Å². The zero-order valence-corrected chi connectivity index (χ0v) is 16.7. The minimum atomic E-state index is -0.294. The van der Waals surface area contributed by atoms with Crippen LogP contribution in [0.1, 0.15) is 32.9 Å². The largest absolute Gasteiger partial charge is 0.322 e. The summed E-state index contributed by atoms with van der Waals surface area (Å²) >= 11 is 0. The van der Waals surface area contributed by atoms with Crippen molar-refractivity contribution in [2.75, 3.05) is 5.32 Å². The highest BCUT2D eigenvalue weighted by Gasteiger charge is 2.19. The van der Waals surface area contributed by atoms with Crippen LogP contribution in [0.25, 0.3) is 16.8 Å². The maximum atomic E-state index is 13.3. The normalized spacial score (nSPS) is 11.1. The van der Waals surface area contributed by atoms with Crippen molar-refractivity contribution in [1.82, 2.24) is 14.6 Å². The Labute approximate surface area is 168 Å². The first-order valence-corrected chi connectivity index (χ1v) is 9.34. The van der Waals surface area contributed by atoms with Gasteiger partial charge in [0.2, 0.25) is 0 Å². The number of hydrogen-bond donors (Lipinski definition) is 1. The zero-order valence-electron chi connectivity index (χ0n) is 16.7. The van der Waals surface area contributed by atoms with E-state index < -0.39 is 0 Å². The van der Waals surface area contributed by atoms with Crippen LogP contribution in [0.2, 0.25) is 0 Å². The second-order valence-corrected chi connectivity index (χ2v) is 7.29. The average molecular weight is 388 g/mol. The van der Waals surface area contributed by atoms with Crippen LogP contribution in [-0.2, 0) is 0 Å². The van der Waals surface area contributed by atoms with Gasteiger partial charge in [0.05, 0.1) is 17.0 Å². The van der Waals surface area contributed by atoms with Crippen molar-refractivity contribution >= 4 is 17.2 Å². The molecule has 5 nitrogen and oxygen atoms in total. The first-order chi connectivity index (χ1) is 13.8. The third-order valence-corrected chi connectivity index (χ3v) is 4.92. The van der Waals surface area contributed by atoms with E-state index in [0.717, 1.165) is 33.6 Å². The molecule has 4 rings (SSSR count). The molecule has 0 saturated carbocycles. The number of halogens is 1. The van der Waals surface area contributed by atoms with E-state index in [1.165, 1.54) is 12.1 Å². The Morgan fingerprint density at radius 1 is 1.00 bits per heavy atom. The zero-order chi connectivity index (χ0) is 20.7. The van der Waals surface area contributed by atoms with Gasteiger partial charge in [-0.25, -0.2) is 13.9 Å². The Balaban J connectivity index is 1.75. The predicted octanol–water partition coefficient (Wildman–Crippen LogP) is 5.02. The number of carbonyl (C=O) groups excluding carboxylic acids is 1. The number of benzene rings is 2. The molecule has 1 amide bonds. The summed E-state index contributed by atoms with van der Waals surface area (Å²) in [4.78, 5) is 17.4. The van der Waals surface area contributed by atoms with E-state index in [0.29, 0.717) is 16.9 Å². The maximum absolute atomic E-state index is 13.3. The lowest BCUT2D eigenvalue weighted by Crippen LogP contribution is -2.16. The molecule has 6 heteroatoms. The van der Waals surface area contributed by atoms with Gasteiger partial charge in [0, 0.05) is 17.4 Å². The van der Waals surface area contributed by atoms with Gasteiger partial charge < -0.3 is 5.32 Å². The van der Waals surface area contributed by atoms with Crippen LogP contribution in [0.4, 0.5) is 10.1 Å². The molecule has 29 heavy (non-hydrogen) atoms. The minimum Gasteiger partial charge on any atom is -0.322 e. The molecular formula is C23H21FN4O. The molecular weight excluding hydrogens is 367 g/mol. The van der Waals surface area contributed by atoms with Gasteiger partial charge in [0.1, 0.15) is 5.82 Å². The second kappa shape index (κ2) is 7.13. The fourth-order valence-corrected chi connectivity index (χ4v) is 3.62. The lowest BCUT2D eigenvalue weighted by molar-refractivity contribution is 0.102. The number of aromatic nitrogens is 3. The SMILES string of the molecule is Cc1cc(C)cc(NC(=O)c2cnc3c(-c4ccc(F)cc4)c(C)nn3c2C)c1. The number of amides is 1. The quantitative estimate of drug-likeness (QED) is 0.536. The predicted molar refractivity (Wildman–Crippen MR) is 112 cm³/mol. The molecule has 0 bridgehead atoms. The summed E-state index contributed by atoms with van der Waals surface area (Å²) in [6, 6.07) is 12.1. The molecule has 4 aromatic rings. The van der Waals surface area contributed by atoms with Crippen molar-refractivity contribution < 1.29 is 9.18 Å². The van der Waals surface area contributed by atoms with E-state index >= 15 is 0 Å². The first kappa shape index (κ1) is 18.8. The number of aryl methyl sites for hydroxylation is 4. The first-order valence-electron chi connectivity index (χ1n) is 9.34. The Kier molecular flexibility index (Phi) is 4.62. The van der Waals surface area contributed by atoms with Crippen molar-refractivity contribution in [3.05, 3.63) is 82.6 Å². The van der Waals surface area contributed by atoms with E-state index in [2.05, 4.69) is 21.5 Å². The molecule has 0 spiro atoms. The van der Waals surface area contributed by atoms with Crippen LogP contribution in [0.3, 0.4) is 0 Å². The third-order valence-electron chi connectivity index (χ3n) is 4.92. The summed E-state index contributed by atoms with van der Waals surface area (Å²) in [6.07, 6.45) is 1.57. The topological polar surface area (TPSA) is 59.3 Å². The highest BCUT2D eigenvalue weighted by Crippen LogP contribution is 2.28. The van der Waals surface area contributed by atoms with E-state index in [1.807, 2.05) is 39.8 Å². The van der Waals surface area contributed by atoms with Gasteiger partial charge in [0.25, 0.3) is 5.91 Å². The summed E-state index contributed by atoms with van der Waals surface area (Å²) < 4.78 is 15.0. The van der Waals surface area contributed by atoms with Gasteiger partial charge in [-0.05, 0) is 68.7 Å². The minimum absolute atomic E-state index is 0.238. The second-order valence-electron chi connectivity index (χ2n) is 7.29. The molecule has 0 saturated heterocycles. The van der Waals surface area contributed by atoms with Gasteiger partial charge in [0.15, 0.2) is 5.65 Å². The summed E-state index contributed by atoms with van der Waals surface area (Å²) in [5.41, 5.74) is 7.10. The summed E-state index contributed by atoms with van der Waals surface area (Å²) in [7, 11) is 0. The molecule has 0 radical (unpaired) electrons. The van der Waals surface area contributed by atoms with E-state index in [-0.39, 0.29) is 11.7 Å². The molecule has 2 aromatic carbocycles. The number of rotatable bonds is 3. The number of hydrogen-bond acceptors (Lipinski definition) is 3. The summed E-state index contributed by atoms with van der Waals surface area (Å²) in [6.45, 7) is 7.70. The van der Waals surface area contributed by atoms with Gasteiger partial charge >= 0.3 is 0 Å². The standard InChI is InChI=1S/C23H21FN4O/c1-13-9-14(2)11-19(10-13)26-23(29)20-12-25-22-21(15(3)27-28(22)16(20)4)17-5-7-18(24)8-6-17/h5-12H,1-4H3,(H,26,29). The fraction of sp³-hybridized carbons (Fsp3) is 0.174. The average Bonchev–Trinajstić information content (AvgIpc) is 2.99. The maximum Gasteiger partial charge on any atom is 0.259 e. The number of fused-ring (bicyclic) bond motifs is 1. The third kappa shape index (κ3) is 3.49. The molecule has 0 aliphatic carbocycles. The molecule has 2 heterocycles. The van der Waals surface area contributed by atoms with Crippen molar-refractivity contribution in [2.45, 2.75) is 27.7 Å². The lowest BCUT2D eigenvalue weighted by atomic mass is 10.1. The van der Waals surface area contributed by atoms with Crippen LogP contribution < -0.4 is 5.32 Å². The Bertz CT molecular complexity index is 1220. The van der Waals surface area contributed by atoms with Crippen molar-refractivity contribution in [3.63, 3.8) is 0 Å². The van der Waals surface area contributed by atoms with Gasteiger partial charge in [-0.15, -0.1) is 0 Å². The van der Waals surface area contributed by atoms with Crippen LogP contribution >= 0.6 is 0 Å². The Hall–Kier alpha value is -3.54. The molecule has 146 valence electrons. The van der Waals surface area contributed by atoms with Gasteiger partial charge in [-0.1, -0.05) is 18.2 Å². The molecule has 0 unspecified atom stereocenters. The van der Waals surface area contributed by atoms with Crippen molar-refractivity contribution in [1.29, 1.82) is 0 Å². The highest BCUT2D eigenvalue weighted by molar-refractivity contribution is 6.05. The summed E-state index contributed by atoms with van der Waals surface area (Å²) in [5.74, 6) is -0.532. The highest BCUT2D eigenvalue weighted by atomic mass is 19.1. The number of nitrogens with one attached hydrogen (secondary N) is 1. The molecule has 0 fully saturated rings. The van der Waals surface area contributed by atoms with Gasteiger partial charge in [-0.3, -0.25) is 4.79 Å². The Morgan fingerprint density at radius 2 is 1.66 bits per heavy atom. The van der Waals surface area contributed by atoms with E-state index in [4.69, 9.17) is 0 Å². The number of anilines is 1. The van der Waals surface area contributed by atoms with Crippen LogP contribution in [-0.4, -0.2) is 20.5 Å². The van der Waals surface area contributed by atoms with E-state index in [9.17, 15) is 9.18 Å². The molecule has 0 aliphatic rings. The van der Waals surface area contributed by atoms with Crippen LogP contribution in [0.15, 0.2) is 48.7 Å². The Morgan fingerprint density at radius 3 is 2.31 bits per heavy atom. The summed E-state index contributed by atoms with van der Waals surface area (Å²) in [5, 5.41) is 7.51. The molecule has 2 aromatic heterocycles. The number of carbonyl (C=O) groups is 1. The van der Waals surface area contributed by atoms with Crippen LogP contribution in [0, 0.1) is 33.5 Å². The van der Waals surface area contributed by atoms with Crippen LogP contribution in [0.5, 0.6) is 0 Å². The molecule has 0 atom stereocenters. The van der Waals surface area contributed by atoms with Gasteiger partial charge in [-0.2, -0.15) is 5.10 Å². The number of nitrogens with zero attached hydrogens (tertiary/aromatic N) is 3. The molecule has 1 N–H and O–H groups in total. The van der Waals surface area contributed by atoms with Crippen molar-refractivity contribution in [2.24, 2.45) is 0 Å². The lowest BCUT2D eigenvalue weighted by Gasteiger charge is -2.10. The fourth-order valence-electron chi connectivity index (χ4n) is 3.62.